The summed E-state index contributed by atoms with van der Waals surface area (Å²) in [4.78, 5) is 11.8. The molecule has 0 bridgehead atoms. The van der Waals surface area contributed by atoms with Crippen LogP contribution < -0.4 is 10.1 Å². The highest BCUT2D eigenvalue weighted by atomic mass is 19.1. The number of carbonyl (C=O) groups is 1. The Morgan fingerprint density at radius 2 is 2.17 bits per heavy atom. The minimum Gasteiger partial charge on any atom is -0.497 e. The predicted octanol–water partition coefficient (Wildman–Crippen LogP) is 2.80. The van der Waals surface area contributed by atoms with E-state index in [1.54, 1.807) is 6.07 Å². The highest BCUT2D eigenvalue weighted by Gasteiger charge is 2.12. The number of rotatable bonds is 7. The summed E-state index contributed by atoms with van der Waals surface area (Å²) in [6.45, 7) is 4.86. The first-order valence-corrected chi connectivity index (χ1v) is 6.14. The topological polar surface area (TPSA) is 38.3 Å². The van der Waals surface area contributed by atoms with Crippen molar-refractivity contribution in [3.05, 3.63) is 29.6 Å². The molecule has 0 amide bonds. The van der Waals surface area contributed by atoms with Crippen molar-refractivity contribution >= 4 is 5.78 Å². The molecule has 1 aromatic carbocycles. The molecular weight excluding hydrogens is 233 g/mol. The molecule has 100 valence electrons. The first kappa shape index (κ1) is 14.6. The van der Waals surface area contributed by atoms with Gasteiger partial charge in [-0.15, -0.1) is 0 Å². The van der Waals surface area contributed by atoms with Gasteiger partial charge in [0.2, 0.25) is 0 Å². The molecule has 0 aliphatic rings. The zero-order valence-corrected chi connectivity index (χ0v) is 11.1. The van der Waals surface area contributed by atoms with Gasteiger partial charge in [-0.2, -0.15) is 0 Å². The molecule has 0 unspecified atom stereocenters. The number of methoxy groups -OCH3 is 1. The van der Waals surface area contributed by atoms with Gasteiger partial charge < -0.3 is 10.1 Å². The maximum absolute atomic E-state index is 13.6. The number of halogens is 1. The number of ether oxygens (including phenoxy) is 1. The summed E-state index contributed by atoms with van der Waals surface area (Å²) >= 11 is 0. The molecule has 0 aliphatic carbocycles. The molecule has 0 heterocycles. The molecule has 0 saturated carbocycles. The van der Waals surface area contributed by atoms with E-state index in [0.717, 1.165) is 6.54 Å². The fourth-order valence-corrected chi connectivity index (χ4v) is 1.62. The van der Waals surface area contributed by atoms with Crippen LogP contribution in [0.15, 0.2) is 18.2 Å². The Morgan fingerprint density at radius 1 is 1.44 bits per heavy atom. The Bertz CT molecular complexity index is 405. The van der Waals surface area contributed by atoms with E-state index in [2.05, 4.69) is 5.32 Å². The quantitative estimate of drug-likeness (QED) is 0.600. The van der Waals surface area contributed by atoms with Crippen molar-refractivity contribution in [3.63, 3.8) is 0 Å². The summed E-state index contributed by atoms with van der Waals surface area (Å²) in [5.74, 6) is -0.262. The zero-order valence-electron chi connectivity index (χ0n) is 11.1. The van der Waals surface area contributed by atoms with Crippen LogP contribution in [-0.4, -0.2) is 25.5 Å². The van der Waals surface area contributed by atoms with Crippen LogP contribution in [-0.2, 0) is 0 Å². The number of hydrogen-bond acceptors (Lipinski definition) is 3. The zero-order chi connectivity index (χ0) is 13.5. The van der Waals surface area contributed by atoms with E-state index in [1.165, 1.54) is 19.2 Å². The molecular formula is C14H20FNO2. The second-order valence-corrected chi connectivity index (χ2v) is 4.48. The van der Waals surface area contributed by atoms with Gasteiger partial charge in [0.1, 0.15) is 11.6 Å². The van der Waals surface area contributed by atoms with Crippen LogP contribution in [0.25, 0.3) is 0 Å². The van der Waals surface area contributed by atoms with E-state index in [-0.39, 0.29) is 11.3 Å². The number of hydrogen-bond donors (Lipinski definition) is 1. The fraction of sp³-hybridized carbons (Fsp3) is 0.500. The maximum Gasteiger partial charge on any atom is 0.165 e. The molecule has 0 saturated heterocycles. The normalized spacial score (nSPS) is 10.7. The average Bonchev–Trinajstić information content (AvgIpc) is 2.33. The number of Topliss-reactive ketones (excluding diaryl/α,β-unsaturated/α-hetero) is 1. The van der Waals surface area contributed by atoms with Crippen molar-refractivity contribution < 1.29 is 13.9 Å². The van der Waals surface area contributed by atoms with Crippen LogP contribution in [0.1, 0.15) is 37.0 Å². The second kappa shape index (κ2) is 7.11. The van der Waals surface area contributed by atoms with Gasteiger partial charge in [0.25, 0.3) is 0 Å². The third kappa shape index (κ3) is 4.45. The average molecular weight is 253 g/mol. The van der Waals surface area contributed by atoms with Gasteiger partial charge >= 0.3 is 0 Å². The Balaban J connectivity index is 2.51. The molecule has 0 fully saturated rings. The molecule has 18 heavy (non-hydrogen) atoms. The van der Waals surface area contributed by atoms with Crippen molar-refractivity contribution in [1.82, 2.24) is 5.32 Å². The van der Waals surface area contributed by atoms with E-state index >= 15 is 0 Å². The number of carbonyl (C=O) groups excluding carboxylic acids is 1. The van der Waals surface area contributed by atoms with E-state index in [4.69, 9.17) is 4.74 Å². The fourth-order valence-electron chi connectivity index (χ4n) is 1.62. The number of nitrogens with one attached hydrogen (secondary N) is 1. The van der Waals surface area contributed by atoms with Crippen molar-refractivity contribution in [2.24, 2.45) is 0 Å². The molecule has 0 aromatic heterocycles. The van der Waals surface area contributed by atoms with Crippen molar-refractivity contribution in [3.8, 4) is 5.75 Å². The molecule has 0 spiro atoms. The first-order valence-electron chi connectivity index (χ1n) is 6.14. The highest BCUT2D eigenvalue weighted by molar-refractivity contribution is 5.96. The van der Waals surface area contributed by atoms with Crippen LogP contribution in [0.5, 0.6) is 5.75 Å². The lowest BCUT2D eigenvalue weighted by molar-refractivity contribution is 0.0976. The van der Waals surface area contributed by atoms with E-state index < -0.39 is 5.82 Å². The van der Waals surface area contributed by atoms with Gasteiger partial charge in [-0.05, 0) is 25.1 Å². The Labute approximate surface area is 107 Å². The van der Waals surface area contributed by atoms with Crippen LogP contribution >= 0.6 is 0 Å². The summed E-state index contributed by atoms with van der Waals surface area (Å²) in [7, 11) is 1.47. The summed E-state index contributed by atoms with van der Waals surface area (Å²) < 4.78 is 18.5. The lowest BCUT2D eigenvalue weighted by Crippen LogP contribution is -2.24. The smallest absolute Gasteiger partial charge is 0.165 e. The van der Waals surface area contributed by atoms with Gasteiger partial charge in [-0.25, -0.2) is 4.39 Å². The third-order valence-electron chi connectivity index (χ3n) is 2.61. The first-order chi connectivity index (χ1) is 8.54. The molecule has 4 heteroatoms. The Hall–Kier alpha value is -1.42. The van der Waals surface area contributed by atoms with Crippen LogP contribution in [0.3, 0.4) is 0 Å². The molecule has 1 aromatic rings. The minimum absolute atomic E-state index is 0.139. The van der Waals surface area contributed by atoms with E-state index in [9.17, 15) is 9.18 Å². The SMILES string of the molecule is COc1ccc(C(=O)CCCNC(C)C)c(F)c1. The molecule has 0 atom stereocenters. The molecule has 1 N–H and O–H groups in total. The summed E-state index contributed by atoms with van der Waals surface area (Å²) in [6.07, 6.45) is 1.06. The van der Waals surface area contributed by atoms with Crippen molar-refractivity contribution in [2.45, 2.75) is 32.7 Å². The molecule has 0 radical (unpaired) electrons. The lowest BCUT2D eigenvalue weighted by atomic mass is 10.1. The van der Waals surface area contributed by atoms with E-state index in [1.807, 2.05) is 13.8 Å². The lowest BCUT2D eigenvalue weighted by Gasteiger charge is -2.08. The summed E-state index contributed by atoms with van der Waals surface area (Å²) in [5.41, 5.74) is 0.139. The van der Waals surface area contributed by atoms with Gasteiger partial charge in [-0.1, -0.05) is 13.8 Å². The van der Waals surface area contributed by atoms with Gasteiger partial charge in [0.05, 0.1) is 12.7 Å². The predicted molar refractivity (Wildman–Crippen MR) is 69.7 cm³/mol. The summed E-state index contributed by atoms with van der Waals surface area (Å²) in [5, 5.41) is 3.22. The summed E-state index contributed by atoms with van der Waals surface area (Å²) in [6, 6.07) is 4.71. The van der Waals surface area contributed by atoms with Crippen LogP contribution in [0.4, 0.5) is 4.39 Å². The second-order valence-electron chi connectivity index (χ2n) is 4.48. The number of ketones is 1. The highest BCUT2D eigenvalue weighted by Crippen LogP contribution is 2.17. The van der Waals surface area contributed by atoms with Crippen LogP contribution in [0, 0.1) is 5.82 Å². The van der Waals surface area contributed by atoms with Crippen molar-refractivity contribution in [1.29, 1.82) is 0 Å². The Kier molecular flexibility index (Phi) is 5.78. The van der Waals surface area contributed by atoms with Gasteiger partial charge in [-0.3, -0.25) is 4.79 Å². The number of benzene rings is 1. The van der Waals surface area contributed by atoms with Gasteiger partial charge in [0, 0.05) is 18.5 Å². The molecule has 0 aliphatic heterocycles. The standard InChI is InChI=1S/C14H20FNO2/c1-10(2)16-8-4-5-14(17)12-7-6-11(18-3)9-13(12)15/h6-7,9-10,16H,4-5,8H2,1-3H3. The largest absolute Gasteiger partial charge is 0.497 e. The van der Waals surface area contributed by atoms with Crippen LogP contribution in [0.2, 0.25) is 0 Å². The van der Waals surface area contributed by atoms with Gasteiger partial charge in [0.15, 0.2) is 5.78 Å². The minimum atomic E-state index is -0.517. The third-order valence-corrected chi connectivity index (χ3v) is 2.61. The van der Waals surface area contributed by atoms with E-state index in [0.29, 0.717) is 24.6 Å². The Morgan fingerprint density at radius 3 is 2.72 bits per heavy atom. The monoisotopic (exact) mass is 253 g/mol. The molecule has 1 rings (SSSR count). The van der Waals surface area contributed by atoms with Crippen molar-refractivity contribution in [2.75, 3.05) is 13.7 Å². The molecule has 3 nitrogen and oxygen atoms in total. The maximum atomic E-state index is 13.6.